The van der Waals surface area contributed by atoms with Crippen LogP contribution in [0.25, 0.3) is 0 Å². The molecule has 1 aliphatic carbocycles. The van der Waals surface area contributed by atoms with Gasteiger partial charge in [-0.2, -0.15) is 0 Å². The Labute approximate surface area is 111 Å². The summed E-state index contributed by atoms with van der Waals surface area (Å²) in [6, 6.07) is 0.712. The molecule has 0 unspecified atom stereocenters. The van der Waals surface area contributed by atoms with Crippen molar-refractivity contribution in [1.29, 1.82) is 0 Å². The van der Waals surface area contributed by atoms with Crippen molar-refractivity contribution in [3.63, 3.8) is 0 Å². The minimum atomic E-state index is 0.712. The third-order valence-corrected chi connectivity index (χ3v) is 4.72. The molecule has 0 spiro atoms. The minimum Gasteiger partial charge on any atom is -0.352 e. The molecule has 3 rings (SSSR count). The first-order chi connectivity index (χ1) is 8.36. The van der Waals surface area contributed by atoms with Gasteiger partial charge in [0.1, 0.15) is 12.1 Å². The molecule has 92 valence electrons. The van der Waals surface area contributed by atoms with E-state index in [1.54, 1.807) is 6.33 Å². The van der Waals surface area contributed by atoms with Crippen molar-refractivity contribution in [1.82, 2.24) is 9.97 Å². The van der Waals surface area contributed by atoms with Gasteiger partial charge in [-0.1, -0.05) is 12.8 Å². The van der Waals surface area contributed by atoms with E-state index < -0.39 is 0 Å². The Hall–Kier alpha value is -0.640. The zero-order valence-corrected chi connectivity index (χ0v) is 11.6. The summed E-state index contributed by atoms with van der Waals surface area (Å²) in [4.78, 5) is 11.0. The molecule has 1 saturated carbocycles. The molecule has 2 aliphatic rings. The van der Waals surface area contributed by atoms with E-state index in [2.05, 4.69) is 30.8 Å². The molecule has 2 fully saturated rings. The van der Waals surface area contributed by atoms with Crippen molar-refractivity contribution < 1.29 is 0 Å². The van der Waals surface area contributed by atoms with Crippen LogP contribution in [-0.4, -0.2) is 22.6 Å². The highest BCUT2D eigenvalue weighted by molar-refractivity contribution is 9.10. The number of rotatable bonds is 1. The first-order valence-corrected chi connectivity index (χ1v) is 7.37. The Morgan fingerprint density at radius 2 is 2.00 bits per heavy atom. The second kappa shape index (κ2) is 4.92. The van der Waals surface area contributed by atoms with Gasteiger partial charge in [-0.25, -0.2) is 9.97 Å². The zero-order valence-electron chi connectivity index (χ0n) is 9.98. The molecule has 0 bridgehead atoms. The molecule has 2 atom stereocenters. The Bertz CT molecular complexity index is 394. The Morgan fingerprint density at radius 1 is 1.18 bits per heavy atom. The summed E-state index contributed by atoms with van der Waals surface area (Å²) in [7, 11) is 0. The SMILES string of the molecule is Brc1cncnc1N1CCC[C@H]2CCCC[C@H]21. The van der Waals surface area contributed by atoms with Crippen LogP contribution in [-0.2, 0) is 0 Å². The normalized spacial score (nSPS) is 28.9. The fourth-order valence-electron chi connectivity index (χ4n) is 3.41. The highest BCUT2D eigenvalue weighted by Crippen LogP contribution is 2.38. The van der Waals surface area contributed by atoms with Gasteiger partial charge in [-0.3, -0.25) is 0 Å². The van der Waals surface area contributed by atoms with Crippen molar-refractivity contribution in [3.8, 4) is 0 Å². The van der Waals surface area contributed by atoms with Gasteiger partial charge < -0.3 is 4.90 Å². The third kappa shape index (κ3) is 2.19. The molecule has 0 amide bonds. The maximum absolute atomic E-state index is 4.46. The average Bonchev–Trinajstić information content (AvgIpc) is 2.39. The number of halogens is 1. The van der Waals surface area contributed by atoms with Gasteiger partial charge in [-0.05, 0) is 47.5 Å². The topological polar surface area (TPSA) is 29.0 Å². The molecule has 2 heterocycles. The highest BCUT2D eigenvalue weighted by atomic mass is 79.9. The van der Waals surface area contributed by atoms with Crippen LogP contribution in [0.3, 0.4) is 0 Å². The molecule has 3 nitrogen and oxygen atoms in total. The van der Waals surface area contributed by atoms with E-state index in [4.69, 9.17) is 0 Å². The van der Waals surface area contributed by atoms with Gasteiger partial charge in [0.2, 0.25) is 0 Å². The van der Waals surface area contributed by atoms with E-state index in [-0.39, 0.29) is 0 Å². The van der Waals surface area contributed by atoms with Crippen LogP contribution in [0.5, 0.6) is 0 Å². The number of piperidine rings is 1. The number of aromatic nitrogens is 2. The van der Waals surface area contributed by atoms with Crippen LogP contribution >= 0.6 is 15.9 Å². The van der Waals surface area contributed by atoms with E-state index in [1.807, 2.05) is 6.20 Å². The lowest BCUT2D eigenvalue weighted by atomic mass is 9.78. The maximum Gasteiger partial charge on any atom is 0.146 e. The van der Waals surface area contributed by atoms with Gasteiger partial charge in [0, 0.05) is 18.8 Å². The lowest BCUT2D eigenvalue weighted by Gasteiger charge is -2.45. The van der Waals surface area contributed by atoms with Crippen LogP contribution in [0.1, 0.15) is 38.5 Å². The van der Waals surface area contributed by atoms with Crippen LogP contribution in [0.4, 0.5) is 5.82 Å². The average molecular weight is 296 g/mol. The maximum atomic E-state index is 4.46. The molecule has 4 heteroatoms. The second-order valence-corrected chi connectivity index (χ2v) is 6.00. The Morgan fingerprint density at radius 3 is 2.88 bits per heavy atom. The molecule has 17 heavy (non-hydrogen) atoms. The molecule has 0 radical (unpaired) electrons. The van der Waals surface area contributed by atoms with Crippen molar-refractivity contribution in [3.05, 3.63) is 17.0 Å². The number of hydrogen-bond acceptors (Lipinski definition) is 3. The Kier molecular flexibility index (Phi) is 3.32. The van der Waals surface area contributed by atoms with Gasteiger partial charge in [0.15, 0.2) is 0 Å². The second-order valence-electron chi connectivity index (χ2n) is 5.14. The largest absolute Gasteiger partial charge is 0.352 e. The molecular formula is C13H18BrN3. The molecule has 1 saturated heterocycles. The van der Waals surface area contributed by atoms with E-state index >= 15 is 0 Å². The summed E-state index contributed by atoms with van der Waals surface area (Å²) < 4.78 is 1.03. The molecule has 1 aromatic heterocycles. The summed E-state index contributed by atoms with van der Waals surface area (Å²) in [6.07, 6.45) is 11.8. The highest BCUT2D eigenvalue weighted by Gasteiger charge is 2.34. The quantitative estimate of drug-likeness (QED) is 0.795. The summed E-state index contributed by atoms with van der Waals surface area (Å²) in [5, 5.41) is 0. The van der Waals surface area contributed by atoms with E-state index in [1.165, 1.54) is 38.5 Å². The first kappa shape index (κ1) is 11.5. The summed E-state index contributed by atoms with van der Waals surface area (Å²) in [5.41, 5.74) is 0. The van der Waals surface area contributed by atoms with Crippen molar-refractivity contribution in [2.24, 2.45) is 5.92 Å². The van der Waals surface area contributed by atoms with Gasteiger partial charge in [0.05, 0.1) is 4.47 Å². The number of fused-ring (bicyclic) bond motifs is 1. The van der Waals surface area contributed by atoms with Crippen LogP contribution in [0, 0.1) is 5.92 Å². The number of anilines is 1. The zero-order chi connectivity index (χ0) is 11.7. The summed E-state index contributed by atoms with van der Waals surface area (Å²) in [6.45, 7) is 1.15. The van der Waals surface area contributed by atoms with Crippen molar-refractivity contribution >= 4 is 21.7 Å². The third-order valence-electron chi connectivity index (χ3n) is 4.16. The van der Waals surface area contributed by atoms with Gasteiger partial charge in [0.25, 0.3) is 0 Å². The first-order valence-electron chi connectivity index (χ1n) is 6.58. The van der Waals surface area contributed by atoms with Crippen LogP contribution in [0.2, 0.25) is 0 Å². The summed E-state index contributed by atoms with van der Waals surface area (Å²) >= 11 is 3.58. The minimum absolute atomic E-state index is 0.712. The standard InChI is InChI=1S/C13H18BrN3/c14-11-8-15-9-16-13(11)17-7-3-5-10-4-1-2-6-12(10)17/h8-10,12H,1-7H2/t10-,12-/m1/s1. The van der Waals surface area contributed by atoms with E-state index in [9.17, 15) is 0 Å². The lowest BCUT2D eigenvalue weighted by Crippen LogP contribution is -2.47. The van der Waals surface area contributed by atoms with Crippen LogP contribution < -0.4 is 4.90 Å². The number of nitrogens with zero attached hydrogens (tertiary/aromatic N) is 3. The van der Waals surface area contributed by atoms with Crippen molar-refractivity contribution in [2.45, 2.75) is 44.6 Å². The van der Waals surface area contributed by atoms with Gasteiger partial charge in [-0.15, -0.1) is 0 Å². The molecular weight excluding hydrogens is 278 g/mol. The predicted octanol–water partition coefficient (Wildman–Crippen LogP) is 3.40. The van der Waals surface area contributed by atoms with E-state index in [0.29, 0.717) is 6.04 Å². The lowest BCUT2D eigenvalue weighted by molar-refractivity contribution is 0.242. The summed E-state index contributed by atoms with van der Waals surface area (Å²) in [5.74, 6) is 1.98. The fourth-order valence-corrected chi connectivity index (χ4v) is 3.85. The monoisotopic (exact) mass is 295 g/mol. The van der Waals surface area contributed by atoms with Gasteiger partial charge >= 0.3 is 0 Å². The predicted molar refractivity (Wildman–Crippen MR) is 72.1 cm³/mol. The van der Waals surface area contributed by atoms with Crippen molar-refractivity contribution in [2.75, 3.05) is 11.4 Å². The molecule has 0 aromatic carbocycles. The molecule has 0 N–H and O–H groups in total. The molecule has 1 aromatic rings. The van der Waals surface area contributed by atoms with E-state index in [0.717, 1.165) is 22.8 Å². The Balaban J connectivity index is 1.88. The fraction of sp³-hybridized carbons (Fsp3) is 0.692. The molecule has 1 aliphatic heterocycles. The smallest absolute Gasteiger partial charge is 0.146 e. The van der Waals surface area contributed by atoms with Crippen LogP contribution in [0.15, 0.2) is 17.0 Å². The number of hydrogen-bond donors (Lipinski definition) is 0.